The summed E-state index contributed by atoms with van der Waals surface area (Å²) in [7, 11) is 3.65. The monoisotopic (exact) mass is 391 g/mol. The van der Waals surface area contributed by atoms with E-state index in [0.29, 0.717) is 31.5 Å². The van der Waals surface area contributed by atoms with Gasteiger partial charge in [-0.3, -0.25) is 9.48 Å². The van der Waals surface area contributed by atoms with Crippen molar-refractivity contribution < 1.29 is 9.53 Å². The lowest BCUT2D eigenvalue weighted by molar-refractivity contribution is -0.129. The van der Waals surface area contributed by atoms with Crippen LogP contribution in [0.1, 0.15) is 44.0 Å². The number of carbonyl (C=O) groups excluding carboxylic acids is 1. The van der Waals surface area contributed by atoms with E-state index >= 15 is 0 Å². The lowest BCUT2D eigenvalue weighted by atomic mass is 9.90. The van der Waals surface area contributed by atoms with Gasteiger partial charge in [-0.05, 0) is 32.4 Å². The molecule has 2 saturated heterocycles. The van der Waals surface area contributed by atoms with Crippen molar-refractivity contribution in [1.29, 1.82) is 0 Å². The van der Waals surface area contributed by atoms with Crippen molar-refractivity contribution in [2.75, 3.05) is 46.4 Å². The second-order valence-corrected chi connectivity index (χ2v) is 8.47. The fraction of sp³-hybridized carbons (Fsp3) is 0.810. The predicted molar refractivity (Wildman–Crippen MR) is 110 cm³/mol. The zero-order valence-corrected chi connectivity index (χ0v) is 18.1. The summed E-state index contributed by atoms with van der Waals surface area (Å²) in [5.41, 5.74) is 2.31. The average molecular weight is 392 g/mol. The van der Waals surface area contributed by atoms with Crippen LogP contribution >= 0.6 is 0 Å². The molecule has 2 aliphatic heterocycles. The van der Waals surface area contributed by atoms with E-state index in [4.69, 9.17) is 4.74 Å². The quantitative estimate of drug-likeness (QED) is 0.729. The Morgan fingerprint density at radius 2 is 2.18 bits per heavy atom. The van der Waals surface area contributed by atoms with Crippen LogP contribution in [-0.4, -0.2) is 78.0 Å². The molecule has 1 aromatic heterocycles. The van der Waals surface area contributed by atoms with Gasteiger partial charge in [-0.25, -0.2) is 0 Å². The average Bonchev–Trinajstić information content (AvgIpc) is 3.17. The van der Waals surface area contributed by atoms with Crippen molar-refractivity contribution in [3.05, 3.63) is 17.5 Å². The molecule has 0 aromatic carbocycles. The van der Waals surface area contributed by atoms with Crippen LogP contribution in [0.3, 0.4) is 0 Å². The number of amides is 1. The Bertz CT molecular complexity index is 661. The molecule has 0 aliphatic carbocycles. The number of likely N-dealkylation sites (tertiary alicyclic amines) is 2. The van der Waals surface area contributed by atoms with Crippen LogP contribution < -0.4 is 5.32 Å². The lowest BCUT2D eigenvalue weighted by Crippen LogP contribution is -2.49. The van der Waals surface area contributed by atoms with E-state index in [9.17, 15) is 4.79 Å². The molecule has 0 unspecified atom stereocenters. The molecule has 0 spiro atoms. The van der Waals surface area contributed by atoms with Gasteiger partial charge in [-0.15, -0.1) is 0 Å². The fourth-order valence-electron chi connectivity index (χ4n) is 4.85. The van der Waals surface area contributed by atoms with Crippen molar-refractivity contribution in [3.63, 3.8) is 0 Å². The molecule has 1 N–H and O–H groups in total. The minimum Gasteiger partial charge on any atom is -0.383 e. The molecule has 0 bridgehead atoms. The number of piperidine rings is 1. The fourth-order valence-corrected chi connectivity index (χ4v) is 4.85. The van der Waals surface area contributed by atoms with E-state index in [1.165, 1.54) is 12.0 Å². The first kappa shape index (κ1) is 21.3. The van der Waals surface area contributed by atoms with Gasteiger partial charge in [0.25, 0.3) is 0 Å². The second-order valence-electron chi connectivity index (χ2n) is 8.47. The molecule has 7 heteroatoms. The molecule has 7 nitrogen and oxygen atoms in total. The van der Waals surface area contributed by atoms with Crippen molar-refractivity contribution >= 4 is 5.91 Å². The Hall–Kier alpha value is -1.44. The SMILES string of the molecule is CCN1CC[C@H](NC[C@@H]2CC(=O)N(CCOC)[C@H]2c2cnn(C)c2C)[C@@H](C)C1. The summed E-state index contributed by atoms with van der Waals surface area (Å²) in [6.07, 6.45) is 3.71. The highest BCUT2D eigenvalue weighted by Gasteiger charge is 2.42. The molecule has 3 rings (SSSR count). The number of methoxy groups -OCH3 is 1. The summed E-state index contributed by atoms with van der Waals surface area (Å²) < 4.78 is 7.16. The van der Waals surface area contributed by atoms with E-state index in [0.717, 1.165) is 31.9 Å². The van der Waals surface area contributed by atoms with E-state index in [-0.39, 0.29) is 17.9 Å². The first-order valence-corrected chi connectivity index (χ1v) is 10.7. The minimum absolute atomic E-state index is 0.0786. The third-order valence-corrected chi connectivity index (χ3v) is 6.75. The molecule has 1 aromatic rings. The minimum atomic E-state index is 0.0786. The maximum atomic E-state index is 12.8. The summed E-state index contributed by atoms with van der Waals surface area (Å²) in [6.45, 7) is 12.2. The molecular weight excluding hydrogens is 354 g/mol. The first-order chi connectivity index (χ1) is 13.5. The molecular formula is C21H37N5O2. The summed E-state index contributed by atoms with van der Waals surface area (Å²) in [6, 6.07) is 0.608. The van der Waals surface area contributed by atoms with Crippen LogP contribution in [0.25, 0.3) is 0 Å². The maximum absolute atomic E-state index is 12.8. The molecule has 0 radical (unpaired) electrons. The van der Waals surface area contributed by atoms with Crippen LogP contribution in [0.2, 0.25) is 0 Å². The molecule has 3 heterocycles. The van der Waals surface area contributed by atoms with E-state index in [2.05, 4.69) is 36.1 Å². The third kappa shape index (κ3) is 4.42. The zero-order valence-electron chi connectivity index (χ0n) is 18.1. The van der Waals surface area contributed by atoms with Crippen LogP contribution in [0.5, 0.6) is 0 Å². The van der Waals surface area contributed by atoms with Gasteiger partial charge < -0.3 is 19.9 Å². The van der Waals surface area contributed by atoms with Gasteiger partial charge in [0.15, 0.2) is 0 Å². The molecule has 158 valence electrons. The Morgan fingerprint density at radius 3 is 2.79 bits per heavy atom. The maximum Gasteiger partial charge on any atom is 0.223 e. The smallest absolute Gasteiger partial charge is 0.223 e. The van der Waals surface area contributed by atoms with Gasteiger partial charge in [0, 0.05) is 63.4 Å². The number of carbonyl (C=O) groups is 1. The van der Waals surface area contributed by atoms with Gasteiger partial charge in [0.1, 0.15) is 0 Å². The number of ether oxygens (including phenoxy) is 1. The topological polar surface area (TPSA) is 62.6 Å². The van der Waals surface area contributed by atoms with Gasteiger partial charge >= 0.3 is 0 Å². The highest BCUT2D eigenvalue weighted by atomic mass is 16.5. The molecule has 2 aliphatic rings. The Balaban J connectivity index is 1.71. The second kappa shape index (κ2) is 9.37. The number of nitrogens with one attached hydrogen (secondary N) is 1. The Labute approximate surface area is 169 Å². The van der Waals surface area contributed by atoms with Crippen molar-refractivity contribution in [2.45, 2.75) is 45.7 Å². The highest BCUT2D eigenvalue weighted by molar-refractivity contribution is 5.79. The van der Waals surface area contributed by atoms with Gasteiger partial charge in [0.05, 0.1) is 18.8 Å². The van der Waals surface area contributed by atoms with Crippen molar-refractivity contribution in [1.82, 2.24) is 24.9 Å². The Kier molecular flexibility index (Phi) is 7.12. The number of aryl methyl sites for hydroxylation is 1. The summed E-state index contributed by atoms with van der Waals surface area (Å²) in [4.78, 5) is 17.3. The molecule has 1 amide bonds. The van der Waals surface area contributed by atoms with Gasteiger partial charge in [-0.2, -0.15) is 5.10 Å². The molecule has 2 fully saturated rings. The first-order valence-electron chi connectivity index (χ1n) is 10.7. The van der Waals surface area contributed by atoms with Crippen molar-refractivity contribution in [2.24, 2.45) is 18.9 Å². The van der Waals surface area contributed by atoms with Crippen LogP contribution in [0.15, 0.2) is 6.20 Å². The number of aromatic nitrogens is 2. The number of rotatable bonds is 8. The highest BCUT2D eigenvalue weighted by Crippen LogP contribution is 2.39. The summed E-state index contributed by atoms with van der Waals surface area (Å²) in [5.74, 6) is 1.13. The predicted octanol–water partition coefficient (Wildman–Crippen LogP) is 1.58. The third-order valence-electron chi connectivity index (χ3n) is 6.75. The van der Waals surface area contributed by atoms with Gasteiger partial charge in [0.2, 0.25) is 5.91 Å². The number of hydrogen-bond acceptors (Lipinski definition) is 5. The summed E-state index contributed by atoms with van der Waals surface area (Å²) in [5, 5.41) is 8.25. The van der Waals surface area contributed by atoms with Crippen LogP contribution in [-0.2, 0) is 16.6 Å². The van der Waals surface area contributed by atoms with Crippen LogP contribution in [0.4, 0.5) is 0 Å². The van der Waals surface area contributed by atoms with Crippen LogP contribution in [0, 0.1) is 18.8 Å². The molecule has 4 atom stereocenters. The van der Waals surface area contributed by atoms with Crippen molar-refractivity contribution in [3.8, 4) is 0 Å². The van der Waals surface area contributed by atoms with E-state index in [1.54, 1.807) is 7.11 Å². The normalized spacial score (nSPS) is 29.0. The number of hydrogen-bond donors (Lipinski definition) is 1. The summed E-state index contributed by atoms with van der Waals surface area (Å²) >= 11 is 0. The molecule has 28 heavy (non-hydrogen) atoms. The molecule has 0 saturated carbocycles. The van der Waals surface area contributed by atoms with E-state index < -0.39 is 0 Å². The standard InChI is InChI=1S/C21H37N5O2/c1-6-25-8-7-19(15(2)14-25)22-12-17-11-20(27)26(9-10-28-5)21(17)18-13-23-24(4)16(18)3/h13,15,17,19,21-22H,6-12,14H2,1-5H3/t15-,17-,19-,21+/m0/s1. The Morgan fingerprint density at radius 1 is 1.39 bits per heavy atom. The number of nitrogens with zero attached hydrogens (tertiary/aromatic N) is 4. The zero-order chi connectivity index (χ0) is 20.3. The lowest BCUT2D eigenvalue weighted by Gasteiger charge is -2.38. The van der Waals surface area contributed by atoms with E-state index in [1.807, 2.05) is 22.8 Å². The largest absolute Gasteiger partial charge is 0.383 e. The van der Waals surface area contributed by atoms with Gasteiger partial charge in [-0.1, -0.05) is 13.8 Å².